The third-order valence-corrected chi connectivity index (χ3v) is 2.54. The molecule has 0 radical (unpaired) electrons. The molecule has 0 aliphatic rings. The van der Waals surface area contributed by atoms with Gasteiger partial charge in [-0.25, -0.2) is 0 Å². The van der Waals surface area contributed by atoms with Gasteiger partial charge >= 0.3 is 0 Å². The van der Waals surface area contributed by atoms with Crippen molar-refractivity contribution in [3.63, 3.8) is 0 Å². The second-order valence-electron chi connectivity index (χ2n) is 3.10. The van der Waals surface area contributed by atoms with Crippen molar-refractivity contribution in [3.8, 4) is 0 Å². The number of nitrogen functional groups attached to an aromatic ring is 1. The van der Waals surface area contributed by atoms with Crippen LogP contribution in [0.15, 0.2) is 34.9 Å². The fourth-order valence-electron chi connectivity index (χ4n) is 1.32. The highest BCUT2D eigenvalue weighted by molar-refractivity contribution is 9.10. The molecule has 1 aromatic heterocycles. The van der Waals surface area contributed by atoms with Crippen LogP contribution in [-0.4, -0.2) is 10.2 Å². The number of anilines is 1. The first-order chi connectivity index (χ1) is 6.75. The van der Waals surface area contributed by atoms with Gasteiger partial charge in [0.15, 0.2) is 0 Å². The largest absolute Gasteiger partial charge is 0.398 e. The van der Waals surface area contributed by atoms with Gasteiger partial charge in [0.1, 0.15) is 0 Å². The number of rotatable bonds is 2. The van der Waals surface area contributed by atoms with Gasteiger partial charge in [-0.1, -0.05) is 15.9 Å². The van der Waals surface area contributed by atoms with Crippen molar-refractivity contribution in [2.45, 2.75) is 6.42 Å². The average Bonchev–Trinajstić information content (AvgIpc) is 2.64. The Morgan fingerprint density at radius 1 is 1.36 bits per heavy atom. The summed E-state index contributed by atoms with van der Waals surface area (Å²) in [6.45, 7) is 0. The van der Waals surface area contributed by atoms with Crippen molar-refractivity contribution in [2.75, 3.05) is 5.73 Å². The molecule has 3 nitrogen and oxygen atoms in total. The first kappa shape index (κ1) is 9.27. The van der Waals surface area contributed by atoms with Gasteiger partial charge < -0.3 is 5.73 Å². The molecule has 3 N–H and O–H groups in total. The number of H-pyrrole nitrogens is 1. The number of nitrogens with two attached hydrogens (primary N) is 1. The molecule has 0 unspecified atom stereocenters. The minimum atomic E-state index is 0.783. The third kappa shape index (κ3) is 1.96. The lowest BCUT2D eigenvalue weighted by Gasteiger charge is -2.04. The van der Waals surface area contributed by atoms with Crippen LogP contribution in [0.1, 0.15) is 11.3 Å². The van der Waals surface area contributed by atoms with Crippen LogP contribution in [0.3, 0.4) is 0 Å². The Morgan fingerprint density at radius 2 is 2.21 bits per heavy atom. The van der Waals surface area contributed by atoms with Gasteiger partial charge in [0.2, 0.25) is 0 Å². The van der Waals surface area contributed by atoms with E-state index in [1.807, 2.05) is 24.3 Å². The fraction of sp³-hybridized carbons (Fsp3) is 0.100. The summed E-state index contributed by atoms with van der Waals surface area (Å²) in [6.07, 6.45) is 2.52. The Labute approximate surface area is 90.5 Å². The topological polar surface area (TPSA) is 54.7 Å². The lowest BCUT2D eigenvalue weighted by Crippen LogP contribution is -1.95. The van der Waals surface area contributed by atoms with Gasteiger partial charge in [-0.05, 0) is 29.8 Å². The zero-order valence-corrected chi connectivity index (χ0v) is 9.08. The van der Waals surface area contributed by atoms with E-state index >= 15 is 0 Å². The van der Waals surface area contributed by atoms with E-state index in [1.54, 1.807) is 6.20 Å². The minimum Gasteiger partial charge on any atom is -0.398 e. The molecule has 0 saturated carbocycles. The maximum absolute atomic E-state index is 5.85. The summed E-state index contributed by atoms with van der Waals surface area (Å²) in [7, 11) is 0. The van der Waals surface area contributed by atoms with Crippen LogP contribution in [0.2, 0.25) is 0 Å². The molecule has 1 aromatic carbocycles. The molecule has 2 aromatic rings. The molecule has 0 aliphatic heterocycles. The van der Waals surface area contributed by atoms with Crippen LogP contribution in [0.4, 0.5) is 5.69 Å². The quantitative estimate of drug-likeness (QED) is 0.806. The van der Waals surface area contributed by atoms with Crippen LogP contribution in [0.5, 0.6) is 0 Å². The maximum atomic E-state index is 5.85. The Balaban J connectivity index is 2.28. The Bertz CT molecular complexity index is 423. The second-order valence-corrected chi connectivity index (χ2v) is 4.02. The van der Waals surface area contributed by atoms with Crippen molar-refractivity contribution in [1.82, 2.24) is 10.2 Å². The summed E-state index contributed by atoms with van der Waals surface area (Å²) < 4.78 is 1.04. The molecular weight excluding hydrogens is 242 g/mol. The van der Waals surface area contributed by atoms with E-state index in [2.05, 4.69) is 26.1 Å². The molecule has 2 rings (SSSR count). The SMILES string of the molecule is Nc1ccc(Br)cc1Cc1ccn[nH]1. The first-order valence-corrected chi connectivity index (χ1v) is 5.07. The molecule has 0 spiro atoms. The van der Waals surface area contributed by atoms with Gasteiger partial charge in [-0.15, -0.1) is 0 Å². The molecule has 72 valence electrons. The summed E-state index contributed by atoms with van der Waals surface area (Å²) in [6, 6.07) is 7.80. The van der Waals surface area contributed by atoms with Gasteiger partial charge in [-0.2, -0.15) is 5.10 Å². The van der Waals surface area contributed by atoms with Crippen molar-refractivity contribution in [3.05, 3.63) is 46.2 Å². The molecular formula is C10H10BrN3. The molecule has 0 bridgehead atoms. The second kappa shape index (κ2) is 3.84. The number of nitrogens with one attached hydrogen (secondary N) is 1. The van der Waals surface area contributed by atoms with Gasteiger partial charge in [0, 0.05) is 28.5 Å². The predicted octanol–water partition coefficient (Wildman–Crippen LogP) is 2.35. The number of aromatic amines is 1. The van der Waals surface area contributed by atoms with Crippen molar-refractivity contribution in [1.29, 1.82) is 0 Å². The zero-order valence-electron chi connectivity index (χ0n) is 7.50. The molecule has 0 aliphatic carbocycles. The Morgan fingerprint density at radius 3 is 2.93 bits per heavy atom. The van der Waals surface area contributed by atoms with Crippen molar-refractivity contribution < 1.29 is 0 Å². The number of benzene rings is 1. The average molecular weight is 252 g/mol. The normalized spacial score (nSPS) is 10.4. The number of aromatic nitrogens is 2. The van der Waals surface area contributed by atoms with Crippen LogP contribution in [-0.2, 0) is 6.42 Å². The summed E-state index contributed by atoms with van der Waals surface area (Å²) in [5.41, 5.74) is 8.82. The monoisotopic (exact) mass is 251 g/mol. The standard InChI is InChI=1S/C10H10BrN3/c11-8-1-2-10(12)7(5-8)6-9-3-4-13-14-9/h1-5H,6,12H2,(H,13,14). The molecule has 14 heavy (non-hydrogen) atoms. The van der Waals surface area contributed by atoms with Gasteiger partial charge in [0.05, 0.1) is 0 Å². The Hall–Kier alpha value is -1.29. The molecule has 0 saturated heterocycles. The number of halogens is 1. The van der Waals surface area contributed by atoms with E-state index in [-0.39, 0.29) is 0 Å². The molecule has 0 atom stereocenters. The summed E-state index contributed by atoms with van der Waals surface area (Å²) in [5.74, 6) is 0. The molecule has 1 heterocycles. The Kier molecular flexibility index (Phi) is 2.54. The van der Waals surface area contributed by atoms with Crippen molar-refractivity contribution >= 4 is 21.6 Å². The molecule has 0 amide bonds. The highest BCUT2D eigenvalue weighted by Gasteiger charge is 2.02. The van der Waals surface area contributed by atoms with E-state index in [0.717, 1.165) is 27.8 Å². The number of hydrogen-bond acceptors (Lipinski definition) is 2. The first-order valence-electron chi connectivity index (χ1n) is 4.28. The van der Waals surface area contributed by atoms with Gasteiger partial charge in [0.25, 0.3) is 0 Å². The van der Waals surface area contributed by atoms with E-state index in [4.69, 9.17) is 5.73 Å². The lowest BCUT2D eigenvalue weighted by atomic mass is 10.1. The van der Waals surface area contributed by atoms with E-state index in [1.165, 1.54) is 0 Å². The van der Waals surface area contributed by atoms with Crippen molar-refractivity contribution in [2.24, 2.45) is 0 Å². The smallest absolute Gasteiger partial charge is 0.0490 e. The lowest BCUT2D eigenvalue weighted by molar-refractivity contribution is 0.997. The minimum absolute atomic E-state index is 0.783. The third-order valence-electron chi connectivity index (χ3n) is 2.04. The van der Waals surface area contributed by atoms with E-state index in [0.29, 0.717) is 0 Å². The van der Waals surface area contributed by atoms with Crippen LogP contribution < -0.4 is 5.73 Å². The van der Waals surface area contributed by atoms with Gasteiger partial charge in [-0.3, -0.25) is 5.10 Å². The van der Waals surface area contributed by atoms with E-state index < -0.39 is 0 Å². The van der Waals surface area contributed by atoms with Crippen LogP contribution in [0.25, 0.3) is 0 Å². The summed E-state index contributed by atoms with van der Waals surface area (Å²) >= 11 is 3.42. The molecule has 4 heteroatoms. The van der Waals surface area contributed by atoms with Crippen LogP contribution in [0, 0.1) is 0 Å². The number of nitrogens with zero attached hydrogens (tertiary/aromatic N) is 1. The zero-order chi connectivity index (χ0) is 9.97. The number of hydrogen-bond donors (Lipinski definition) is 2. The summed E-state index contributed by atoms with van der Waals surface area (Å²) in [5, 5.41) is 6.80. The highest BCUT2D eigenvalue weighted by Crippen LogP contribution is 2.20. The maximum Gasteiger partial charge on any atom is 0.0490 e. The van der Waals surface area contributed by atoms with E-state index in [9.17, 15) is 0 Å². The highest BCUT2D eigenvalue weighted by atomic mass is 79.9. The fourth-order valence-corrected chi connectivity index (χ4v) is 1.72. The molecule has 0 fully saturated rings. The predicted molar refractivity (Wildman–Crippen MR) is 59.9 cm³/mol. The van der Waals surface area contributed by atoms with Crippen LogP contribution >= 0.6 is 15.9 Å². The summed E-state index contributed by atoms with van der Waals surface area (Å²) in [4.78, 5) is 0.